The summed E-state index contributed by atoms with van der Waals surface area (Å²) in [5.74, 6) is -0.321. The standard InChI is InChI=1S/C21H23NO2/c1-2-3-4-9-14-22-24-21(23)20-18-12-7-5-10-16(18)15-17-11-6-8-13-19(17)20/h5-8,10-13,15,22H,2-4,9,14H2,1H3/q+1. The summed E-state index contributed by atoms with van der Waals surface area (Å²) < 4.78 is 0. The van der Waals surface area contributed by atoms with Gasteiger partial charge in [-0.25, -0.2) is 0 Å². The smallest absolute Gasteiger partial charge is 0.195 e. The summed E-state index contributed by atoms with van der Waals surface area (Å²) in [7, 11) is 0. The van der Waals surface area contributed by atoms with Crippen molar-refractivity contribution < 1.29 is 9.63 Å². The molecule has 0 aromatic heterocycles. The third-order valence-electron chi connectivity index (χ3n) is 4.27. The van der Waals surface area contributed by atoms with Gasteiger partial charge in [-0.05, 0) is 23.3 Å². The van der Waals surface area contributed by atoms with Gasteiger partial charge in [0.15, 0.2) is 0 Å². The fraction of sp³-hybridized carbons (Fsp3) is 0.286. The summed E-state index contributed by atoms with van der Waals surface area (Å²) in [5, 5.41) is 3.94. The molecule has 3 aromatic rings. The third kappa shape index (κ3) is 3.57. The predicted molar refractivity (Wildman–Crippen MR) is 99.0 cm³/mol. The number of unbranched alkanes of at least 4 members (excludes halogenated alkanes) is 3. The van der Waals surface area contributed by atoms with E-state index in [1.54, 1.807) is 0 Å². The molecule has 0 aliphatic carbocycles. The van der Waals surface area contributed by atoms with Crippen molar-refractivity contribution in [3.8, 4) is 0 Å². The van der Waals surface area contributed by atoms with Crippen molar-refractivity contribution in [2.24, 2.45) is 0 Å². The second-order valence-electron chi connectivity index (χ2n) is 6.04. The van der Waals surface area contributed by atoms with Gasteiger partial charge in [0.25, 0.3) is 0 Å². The van der Waals surface area contributed by atoms with Crippen molar-refractivity contribution in [1.82, 2.24) is 5.48 Å². The molecule has 123 valence electrons. The molecule has 3 aromatic carbocycles. The van der Waals surface area contributed by atoms with E-state index in [0.29, 0.717) is 12.1 Å². The van der Waals surface area contributed by atoms with Crippen molar-refractivity contribution in [1.29, 1.82) is 0 Å². The highest BCUT2D eigenvalue weighted by molar-refractivity contribution is 6.16. The molecule has 0 spiro atoms. The summed E-state index contributed by atoms with van der Waals surface area (Å²) >= 11 is 0. The van der Waals surface area contributed by atoms with E-state index in [-0.39, 0.29) is 5.97 Å². The van der Waals surface area contributed by atoms with Crippen molar-refractivity contribution in [2.75, 3.05) is 6.54 Å². The molecular formula is C21H23NO2+. The minimum absolute atomic E-state index is 0.321. The van der Waals surface area contributed by atoms with E-state index in [1.807, 2.05) is 48.5 Å². The van der Waals surface area contributed by atoms with Crippen LogP contribution < -0.4 is 5.48 Å². The maximum Gasteiger partial charge on any atom is 0.632 e. The lowest BCUT2D eigenvalue weighted by atomic mass is 9.97. The van der Waals surface area contributed by atoms with Crippen molar-refractivity contribution >= 4 is 27.5 Å². The molecule has 0 atom stereocenters. The summed E-state index contributed by atoms with van der Waals surface area (Å²) in [6, 6.07) is 18.0. The molecule has 1 radical (unpaired) electrons. The van der Waals surface area contributed by atoms with Gasteiger partial charge in [0, 0.05) is 10.8 Å². The first-order valence-electron chi connectivity index (χ1n) is 8.66. The average molecular weight is 321 g/mol. The van der Waals surface area contributed by atoms with Crippen LogP contribution in [0.5, 0.6) is 0 Å². The van der Waals surface area contributed by atoms with Gasteiger partial charge in [-0.2, -0.15) is 4.84 Å². The molecule has 0 saturated heterocycles. The maximum atomic E-state index is 12.7. The van der Waals surface area contributed by atoms with Crippen LogP contribution >= 0.6 is 0 Å². The first kappa shape index (κ1) is 16.5. The Labute approximate surface area is 142 Å². The zero-order valence-electron chi connectivity index (χ0n) is 14.0. The third-order valence-corrected chi connectivity index (χ3v) is 4.27. The SMILES string of the molecule is CCCCCCNOC(=[O+])c1c2ccccc2cc2ccccc12. The quantitative estimate of drug-likeness (QED) is 0.280. The highest BCUT2D eigenvalue weighted by Gasteiger charge is 2.27. The van der Waals surface area contributed by atoms with Gasteiger partial charge in [0.05, 0.1) is 11.3 Å². The molecule has 3 rings (SSSR count). The molecule has 24 heavy (non-hydrogen) atoms. The fourth-order valence-corrected chi connectivity index (χ4v) is 3.03. The van der Waals surface area contributed by atoms with Crippen LogP contribution in [0.2, 0.25) is 0 Å². The topological polar surface area (TPSA) is 41.2 Å². The second kappa shape index (κ2) is 7.93. The summed E-state index contributed by atoms with van der Waals surface area (Å²) in [6.07, 6.45) is 4.57. The van der Waals surface area contributed by atoms with Gasteiger partial charge in [-0.1, -0.05) is 80.2 Å². The molecule has 3 heteroatoms. The number of carbonyl (C=O) groups excluding carboxylic acids is 1. The van der Waals surface area contributed by atoms with Gasteiger partial charge >= 0.3 is 5.97 Å². The first-order valence-corrected chi connectivity index (χ1v) is 8.66. The number of hydrogen-bond acceptors (Lipinski definition) is 3. The highest BCUT2D eigenvalue weighted by atomic mass is 16.7. The molecule has 0 heterocycles. The number of benzene rings is 3. The Balaban J connectivity index is 1.84. The Morgan fingerprint density at radius 3 is 2.17 bits per heavy atom. The van der Waals surface area contributed by atoms with Crippen LogP contribution in [0, 0.1) is 0 Å². The Kier molecular flexibility index (Phi) is 5.44. The number of fused-ring (bicyclic) bond motifs is 2. The molecule has 0 unspecified atom stereocenters. The van der Waals surface area contributed by atoms with E-state index in [4.69, 9.17) is 4.84 Å². The largest absolute Gasteiger partial charge is 0.632 e. The van der Waals surface area contributed by atoms with Crippen molar-refractivity contribution in [3.63, 3.8) is 0 Å². The molecule has 0 bridgehead atoms. The van der Waals surface area contributed by atoms with Crippen molar-refractivity contribution in [3.05, 3.63) is 60.2 Å². The lowest BCUT2D eigenvalue weighted by Crippen LogP contribution is -2.21. The van der Waals surface area contributed by atoms with Gasteiger partial charge in [0.2, 0.25) is 0 Å². The van der Waals surface area contributed by atoms with Crippen LogP contribution in [-0.2, 0) is 4.84 Å². The lowest BCUT2D eigenvalue weighted by Gasteiger charge is -2.06. The zero-order chi connectivity index (χ0) is 16.8. The molecule has 3 nitrogen and oxygen atoms in total. The molecular weight excluding hydrogens is 298 g/mol. The van der Waals surface area contributed by atoms with Crippen LogP contribution in [0.3, 0.4) is 0 Å². The van der Waals surface area contributed by atoms with Crippen LogP contribution in [-0.4, -0.2) is 12.5 Å². The molecule has 0 aliphatic rings. The molecule has 0 aliphatic heterocycles. The zero-order valence-corrected chi connectivity index (χ0v) is 14.0. The number of hydroxylamine groups is 1. The minimum atomic E-state index is -0.321. The van der Waals surface area contributed by atoms with Gasteiger partial charge in [-0.15, -0.1) is 0 Å². The Bertz CT molecular complexity index is 787. The molecule has 1 N–H and O–H groups in total. The van der Waals surface area contributed by atoms with Gasteiger partial charge < -0.3 is 0 Å². The van der Waals surface area contributed by atoms with Gasteiger partial charge in [0.1, 0.15) is 5.56 Å². The summed E-state index contributed by atoms with van der Waals surface area (Å²) in [5.41, 5.74) is 3.45. The molecule has 0 saturated carbocycles. The fourth-order valence-electron chi connectivity index (χ4n) is 3.03. The monoisotopic (exact) mass is 321 g/mol. The number of rotatable bonds is 7. The lowest BCUT2D eigenvalue weighted by molar-refractivity contribution is 0.0256. The minimum Gasteiger partial charge on any atom is -0.195 e. The average Bonchev–Trinajstić information content (AvgIpc) is 2.62. The van der Waals surface area contributed by atoms with E-state index in [1.165, 1.54) is 12.8 Å². The van der Waals surface area contributed by atoms with E-state index in [2.05, 4.69) is 18.5 Å². The van der Waals surface area contributed by atoms with Crippen LogP contribution in [0.4, 0.5) is 0 Å². The number of nitrogens with one attached hydrogen (secondary N) is 1. The molecule has 0 fully saturated rings. The van der Waals surface area contributed by atoms with Crippen molar-refractivity contribution in [2.45, 2.75) is 32.6 Å². The summed E-state index contributed by atoms with van der Waals surface area (Å²) in [4.78, 5) is 18.0. The van der Waals surface area contributed by atoms with Crippen LogP contribution in [0.25, 0.3) is 21.5 Å². The molecule has 0 amide bonds. The predicted octanol–water partition coefficient (Wildman–Crippen LogP) is 5.23. The Hall–Kier alpha value is -2.39. The number of hydrogen-bond donors (Lipinski definition) is 1. The first-order chi connectivity index (χ1) is 11.8. The highest BCUT2D eigenvalue weighted by Crippen LogP contribution is 2.28. The van der Waals surface area contributed by atoms with E-state index < -0.39 is 0 Å². The van der Waals surface area contributed by atoms with E-state index >= 15 is 0 Å². The van der Waals surface area contributed by atoms with Crippen LogP contribution in [0.15, 0.2) is 54.6 Å². The van der Waals surface area contributed by atoms with Crippen LogP contribution in [0.1, 0.15) is 43.0 Å². The number of carbonyl (C=O) groups is 1. The normalized spacial score (nSPS) is 11.0. The summed E-state index contributed by atoms with van der Waals surface area (Å²) in [6.45, 7) is 2.87. The Morgan fingerprint density at radius 1 is 0.917 bits per heavy atom. The van der Waals surface area contributed by atoms with E-state index in [0.717, 1.165) is 34.4 Å². The maximum absolute atomic E-state index is 12.7. The van der Waals surface area contributed by atoms with E-state index in [9.17, 15) is 4.79 Å². The Morgan fingerprint density at radius 2 is 1.54 bits per heavy atom. The second-order valence-corrected chi connectivity index (χ2v) is 6.04. The van der Waals surface area contributed by atoms with Gasteiger partial charge in [-0.3, -0.25) is 0 Å².